The predicted octanol–water partition coefficient (Wildman–Crippen LogP) is 2.90. The quantitative estimate of drug-likeness (QED) is 0.799. The number of ketones is 1. The molecular weight excluding hydrogens is 248 g/mol. The third-order valence-electron chi connectivity index (χ3n) is 4.07. The second kappa shape index (κ2) is 5.23. The lowest BCUT2D eigenvalue weighted by Crippen LogP contribution is -2.05. The minimum absolute atomic E-state index is 0.174. The van der Waals surface area contributed by atoms with Gasteiger partial charge < -0.3 is 0 Å². The fourth-order valence-electron chi connectivity index (χ4n) is 3.04. The Morgan fingerprint density at radius 1 is 1.30 bits per heavy atom. The topological polar surface area (TPSA) is 34.9 Å². The molecule has 0 amide bonds. The molecule has 3 nitrogen and oxygen atoms in total. The van der Waals surface area contributed by atoms with Crippen LogP contribution in [0.4, 0.5) is 0 Å². The van der Waals surface area contributed by atoms with Crippen molar-refractivity contribution in [3.63, 3.8) is 0 Å². The minimum atomic E-state index is 0.174. The van der Waals surface area contributed by atoms with E-state index in [1.165, 1.54) is 24.0 Å². The molecular formula is C17H20N2O. The number of benzene rings is 1. The predicted molar refractivity (Wildman–Crippen MR) is 79.1 cm³/mol. The molecule has 0 bridgehead atoms. The lowest BCUT2D eigenvalue weighted by molar-refractivity contribution is 0.0992. The standard InChI is InChI=1S/C17H20N2O/c1-3-16-15(11-19(2)18-16)17(20)10-12-7-8-13-5-4-6-14(13)9-12/h7-9,11H,3-6,10H2,1-2H3. The molecule has 3 heteroatoms. The number of carbonyl (C=O) groups is 1. The highest BCUT2D eigenvalue weighted by Gasteiger charge is 2.16. The molecule has 3 rings (SSSR count). The molecule has 0 atom stereocenters. The lowest BCUT2D eigenvalue weighted by atomic mass is 9.99. The summed E-state index contributed by atoms with van der Waals surface area (Å²) in [5.74, 6) is 0.174. The second-order valence-corrected chi connectivity index (χ2v) is 5.57. The fraction of sp³-hybridized carbons (Fsp3) is 0.412. The van der Waals surface area contributed by atoms with Gasteiger partial charge in [-0.05, 0) is 42.4 Å². The molecule has 0 radical (unpaired) electrons. The van der Waals surface area contributed by atoms with Crippen molar-refractivity contribution in [2.45, 2.75) is 39.0 Å². The Bertz CT molecular complexity index is 655. The van der Waals surface area contributed by atoms with Gasteiger partial charge in [0, 0.05) is 19.7 Å². The van der Waals surface area contributed by atoms with E-state index < -0.39 is 0 Å². The Hall–Kier alpha value is -1.90. The van der Waals surface area contributed by atoms with Crippen LogP contribution in [0.25, 0.3) is 0 Å². The van der Waals surface area contributed by atoms with Crippen molar-refractivity contribution in [3.05, 3.63) is 52.3 Å². The van der Waals surface area contributed by atoms with Gasteiger partial charge in [-0.2, -0.15) is 5.10 Å². The van der Waals surface area contributed by atoms with Crippen LogP contribution in [0, 0.1) is 0 Å². The summed E-state index contributed by atoms with van der Waals surface area (Å²) in [4.78, 5) is 12.5. The Balaban J connectivity index is 1.82. The third-order valence-corrected chi connectivity index (χ3v) is 4.07. The Morgan fingerprint density at radius 3 is 2.90 bits per heavy atom. The summed E-state index contributed by atoms with van der Waals surface area (Å²) in [5.41, 5.74) is 5.68. The first-order valence-corrected chi connectivity index (χ1v) is 7.33. The van der Waals surface area contributed by atoms with Gasteiger partial charge >= 0.3 is 0 Å². The van der Waals surface area contributed by atoms with Crippen molar-refractivity contribution in [3.8, 4) is 0 Å². The van der Waals surface area contributed by atoms with Crippen LogP contribution in [-0.4, -0.2) is 15.6 Å². The van der Waals surface area contributed by atoms with E-state index in [-0.39, 0.29) is 5.78 Å². The molecule has 0 aliphatic heterocycles. The molecule has 104 valence electrons. The zero-order chi connectivity index (χ0) is 14.1. The number of aromatic nitrogens is 2. The Labute approximate surface area is 119 Å². The van der Waals surface area contributed by atoms with Gasteiger partial charge in [-0.1, -0.05) is 25.1 Å². The van der Waals surface area contributed by atoms with Gasteiger partial charge in [-0.15, -0.1) is 0 Å². The monoisotopic (exact) mass is 268 g/mol. The maximum atomic E-state index is 12.5. The van der Waals surface area contributed by atoms with E-state index in [4.69, 9.17) is 0 Å². The first-order valence-electron chi connectivity index (χ1n) is 7.33. The molecule has 1 aromatic heterocycles. The molecule has 0 fully saturated rings. The van der Waals surface area contributed by atoms with E-state index in [9.17, 15) is 4.79 Å². The van der Waals surface area contributed by atoms with E-state index in [0.29, 0.717) is 6.42 Å². The summed E-state index contributed by atoms with van der Waals surface area (Å²) >= 11 is 0. The minimum Gasteiger partial charge on any atom is -0.294 e. The highest BCUT2D eigenvalue weighted by molar-refractivity contribution is 5.98. The van der Waals surface area contributed by atoms with E-state index in [1.807, 2.05) is 20.2 Å². The largest absolute Gasteiger partial charge is 0.294 e. The van der Waals surface area contributed by atoms with Crippen molar-refractivity contribution in [1.82, 2.24) is 9.78 Å². The van der Waals surface area contributed by atoms with Gasteiger partial charge in [0.05, 0.1) is 11.3 Å². The lowest BCUT2D eigenvalue weighted by Gasteiger charge is -2.04. The Kier molecular flexibility index (Phi) is 3.43. The molecule has 1 aliphatic rings. The van der Waals surface area contributed by atoms with Crippen LogP contribution in [-0.2, 0) is 32.7 Å². The number of aryl methyl sites for hydroxylation is 4. The number of hydrogen-bond donors (Lipinski definition) is 0. The van der Waals surface area contributed by atoms with Gasteiger partial charge in [0.1, 0.15) is 0 Å². The number of fused-ring (bicyclic) bond motifs is 1. The summed E-state index contributed by atoms with van der Waals surface area (Å²) in [5, 5.41) is 4.35. The van der Waals surface area contributed by atoms with Crippen molar-refractivity contribution in [2.24, 2.45) is 7.05 Å². The van der Waals surface area contributed by atoms with Gasteiger partial charge in [-0.3, -0.25) is 9.48 Å². The number of rotatable bonds is 4. The summed E-state index contributed by atoms with van der Waals surface area (Å²) in [6.45, 7) is 2.04. The average molecular weight is 268 g/mol. The highest BCUT2D eigenvalue weighted by Crippen LogP contribution is 2.23. The molecule has 0 saturated heterocycles. The normalized spacial score (nSPS) is 13.5. The smallest absolute Gasteiger partial charge is 0.170 e. The van der Waals surface area contributed by atoms with E-state index >= 15 is 0 Å². The first-order chi connectivity index (χ1) is 9.67. The molecule has 0 saturated carbocycles. The van der Waals surface area contributed by atoms with Crippen LogP contribution in [0.3, 0.4) is 0 Å². The van der Waals surface area contributed by atoms with Crippen LogP contribution in [0.2, 0.25) is 0 Å². The van der Waals surface area contributed by atoms with Crippen molar-refractivity contribution >= 4 is 5.78 Å². The second-order valence-electron chi connectivity index (χ2n) is 5.57. The molecule has 0 N–H and O–H groups in total. The number of hydrogen-bond acceptors (Lipinski definition) is 2. The summed E-state index contributed by atoms with van der Waals surface area (Å²) in [7, 11) is 1.87. The van der Waals surface area contributed by atoms with Crippen molar-refractivity contribution < 1.29 is 4.79 Å². The molecule has 2 aromatic rings. The van der Waals surface area contributed by atoms with Gasteiger partial charge in [0.15, 0.2) is 5.78 Å². The first kappa shape index (κ1) is 13.1. The van der Waals surface area contributed by atoms with Crippen LogP contribution in [0.5, 0.6) is 0 Å². The van der Waals surface area contributed by atoms with E-state index in [2.05, 4.69) is 23.3 Å². The van der Waals surface area contributed by atoms with Crippen LogP contribution < -0.4 is 0 Å². The summed E-state index contributed by atoms with van der Waals surface area (Å²) in [6.07, 6.45) is 6.71. The van der Waals surface area contributed by atoms with Crippen LogP contribution >= 0.6 is 0 Å². The maximum Gasteiger partial charge on any atom is 0.170 e. The summed E-state index contributed by atoms with van der Waals surface area (Å²) in [6, 6.07) is 6.50. The SMILES string of the molecule is CCc1nn(C)cc1C(=O)Cc1ccc2c(c1)CCC2. The average Bonchev–Trinajstić information content (AvgIpc) is 3.03. The van der Waals surface area contributed by atoms with Crippen LogP contribution in [0.1, 0.15) is 46.1 Å². The molecule has 1 aliphatic carbocycles. The molecule has 1 heterocycles. The third kappa shape index (κ3) is 2.40. The Morgan fingerprint density at radius 2 is 2.10 bits per heavy atom. The molecule has 0 spiro atoms. The number of carbonyl (C=O) groups excluding carboxylic acids is 1. The highest BCUT2D eigenvalue weighted by atomic mass is 16.1. The van der Waals surface area contributed by atoms with Crippen molar-refractivity contribution in [1.29, 1.82) is 0 Å². The van der Waals surface area contributed by atoms with Gasteiger partial charge in [0.2, 0.25) is 0 Å². The van der Waals surface area contributed by atoms with Gasteiger partial charge in [0.25, 0.3) is 0 Å². The number of nitrogens with zero attached hydrogens (tertiary/aromatic N) is 2. The van der Waals surface area contributed by atoms with Gasteiger partial charge in [-0.25, -0.2) is 0 Å². The number of Topliss-reactive ketones (excluding diaryl/α,β-unsaturated/α-hetero) is 1. The fourth-order valence-corrected chi connectivity index (χ4v) is 3.04. The molecule has 0 unspecified atom stereocenters. The summed E-state index contributed by atoms with van der Waals surface area (Å²) < 4.78 is 1.73. The molecule has 1 aromatic carbocycles. The molecule has 20 heavy (non-hydrogen) atoms. The van der Waals surface area contributed by atoms with E-state index in [0.717, 1.165) is 29.7 Å². The zero-order valence-corrected chi connectivity index (χ0v) is 12.1. The maximum absolute atomic E-state index is 12.5. The zero-order valence-electron chi connectivity index (χ0n) is 12.1. The van der Waals surface area contributed by atoms with Crippen molar-refractivity contribution in [2.75, 3.05) is 0 Å². The van der Waals surface area contributed by atoms with Crippen LogP contribution in [0.15, 0.2) is 24.4 Å². The van der Waals surface area contributed by atoms with E-state index in [1.54, 1.807) is 4.68 Å².